The summed E-state index contributed by atoms with van der Waals surface area (Å²) in [4.78, 5) is 25.0. The molecule has 0 spiro atoms. The number of amides is 2. The number of benzene rings is 2. The van der Waals surface area contributed by atoms with Crippen LogP contribution >= 0.6 is 0 Å². The van der Waals surface area contributed by atoms with Crippen LogP contribution in [-0.2, 0) is 11.2 Å². The van der Waals surface area contributed by atoms with Crippen LogP contribution in [0.5, 0.6) is 0 Å². The smallest absolute Gasteiger partial charge is 0.251 e. The highest BCUT2D eigenvalue weighted by Crippen LogP contribution is 2.06. The van der Waals surface area contributed by atoms with Crippen LogP contribution in [0.2, 0.25) is 0 Å². The molecule has 0 bridgehead atoms. The number of carbonyl (C=O) groups is 2. The van der Waals surface area contributed by atoms with E-state index in [0.717, 1.165) is 18.5 Å². The molecule has 132 valence electrons. The Labute approximate surface area is 148 Å². The van der Waals surface area contributed by atoms with Gasteiger partial charge in [-0.2, -0.15) is 0 Å². The Bertz CT molecular complexity index is 659. The Morgan fingerprint density at radius 2 is 1.56 bits per heavy atom. The molecule has 5 nitrogen and oxygen atoms in total. The van der Waals surface area contributed by atoms with Crippen molar-refractivity contribution in [3.63, 3.8) is 0 Å². The summed E-state index contributed by atoms with van der Waals surface area (Å²) in [5.41, 5.74) is 1.55. The molecule has 2 amide bonds. The lowest BCUT2D eigenvalue weighted by molar-refractivity contribution is -0.122. The predicted octanol–water partition coefficient (Wildman–Crippen LogP) is 1.75. The zero-order valence-electron chi connectivity index (χ0n) is 14.5. The Morgan fingerprint density at radius 3 is 2.20 bits per heavy atom. The van der Waals surface area contributed by atoms with Gasteiger partial charge < -0.3 is 16.0 Å². The lowest BCUT2D eigenvalue weighted by Crippen LogP contribution is -2.48. The number of hydrogen-bond donors (Lipinski definition) is 3. The van der Waals surface area contributed by atoms with Gasteiger partial charge in [-0.3, -0.25) is 9.59 Å². The molecular formula is C20H25N3O2. The molecule has 0 radical (unpaired) electrons. The van der Waals surface area contributed by atoms with Gasteiger partial charge in [0, 0.05) is 18.5 Å². The van der Waals surface area contributed by atoms with Gasteiger partial charge in [0.2, 0.25) is 5.91 Å². The minimum Gasteiger partial charge on any atom is -0.354 e. The predicted molar refractivity (Wildman–Crippen MR) is 99.4 cm³/mol. The molecule has 2 aromatic rings. The van der Waals surface area contributed by atoms with Gasteiger partial charge >= 0.3 is 0 Å². The topological polar surface area (TPSA) is 70.2 Å². The van der Waals surface area contributed by atoms with E-state index in [1.165, 1.54) is 0 Å². The largest absolute Gasteiger partial charge is 0.354 e. The summed E-state index contributed by atoms with van der Waals surface area (Å²) in [6.07, 6.45) is 1.30. The number of carbonyl (C=O) groups excluding carboxylic acids is 2. The average molecular weight is 339 g/mol. The highest BCUT2D eigenvalue weighted by molar-refractivity contribution is 5.97. The summed E-state index contributed by atoms with van der Waals surface area (Å²) in [5.74, 6) is -0.406. The van der Waals surface area contributed by atoms with Gasteiger partial charge in [0.1, 0.15) is 6.04 Å². The molecule has 1 atom stereocenters. The van der Waals surface area contributed by atoms with Crippen LogP contribution in [0.3, 0.4) is 0 Å². The van der Waals surface area contributed by atoms with Crippen LogP contribution in [0.25, 0.3) is 0 Å². The molecule has 2 aromatic carbocycles. The van der Waals surface area contributed by atoms with Crippen molar-refractivity contribution in [1.82, 2.24) is 16.0 Å². The highest BCUT2D eigenvalue weighted by atomic mass is 16.2. The molecule has 3 N–H and O–H groups in total. The second-order valence-electron chi connectivity index (χ2n) is 5.83. The van der Waals surface area contributed by atoms with Gasteiger partial charge in [-0.1, -0.05) is 48.5 Å². The molecule has 0 saturated heterocycles. The molecule has 1 unspecified atom stereocenters. The van der Waals surface area contributed by atoms with Gasteiger partial charge in [0.25, 0.3) is 5.91 Å². The first-order valence-electron chi connectivity index (χ1n) is 8.53. The van der Waals surface area contributed by atoms with Crippen molar-refractivity contribution in [2.24, 2.45) is 0 Å². The fourth-order valence-electron chi connectivity index (χ4n) is 2.49. The number of hydrogen-bond acceptors (Lipinski definition) is 3. The third-order valence-corrected chi connectivity index (χ3v) is 3.84. The first-order chi connectivity index (χ1) is 12.2. The first kappa shape index (κ1) is 18.7. The van der Waals surface area contributed by atoms with E-state index in [4.69, 9.17) is 0 Å². The van der Waals surface area contributed by atoms with Crippen molar-refractivity contribution >= 4 is 11.8 Å². The van der Waals surface area contributed by atoms with Gasteiger partial charge in [-0.25, -0.2) is 0 Å². The summed E-state index contributed by atoms with van der Waals surface area (Å²) in [6, 6.07) is 18.0. The Hall–Kier alpha value is -2.66. The van der Waals surface area contributed by atoms with E-state index in [1.54, 1.807) is 24.3 Å². The van der Waals surface area contributed by atoms with Crippen LogP contribution in [-0.4, -0.2) is 38.0 Å². The number of nitrogens with one attached hydrogen (secondary N) is 3. The lowest BCUT2D eigenvalue weighted by atomic mass is 10.0. The molecule has 0 aliphatic heterocycles. The average Bonchev–Trinajstić information content (AvgIpc) is 2.66. The SMILES string of the molecule is CNCCCNC(=O)C(Cc1ccccc1)NC(=O)c1ccccc1. The van der Waals surface area contributed by atoms with Crippen molar-refractivity contribution in [2.45, 2.75) is 18.9 Å². The van der Waals surface area contributed by atoms with Crippen LogP contribution in [0.1, 0.15) is 22.3 Å². The third kappa shape index (κ3) is 6.39. The standard InChI is InChI=1S/C20H25N3O2/c1-21-13-8-14-22-20(25)18(15-16-9-4-2-5-10-16)23-19(24)17-11-6-3-7-12-17/h2-7,9-12,18,21H,8,13-15H2,1H3,(H,22,25)(H,23,24). The van der Waals surface area contributed by atoms with E-state index in [-0.39, 0.29) is 11.8 Å². The van der Waals surface area contributed by atoms with Crippen molar-refractivity contribution in [3.05, 3.63) is 71.8 Å². The fourth-order valence-corrected chi connectivity index (χ4v) is 2.49. The van der Waals surface area contributed by atoms with Gasteiger partial charge in [-0.05, 0) is 37.7 Å². The van der Waals surface area contributed by atoms with Crippen molar-refractivity contribution in [1.29, 1.82) is 0 Å². The van der Waals surface area contributed by atoms with Crippen LogP contribution in [0, 0.1) is 0 Å². The Morgan fingerprint density at radius 1 is 0.920 bits per heavy atom. The summed E-state index contributed by atoms with van der Waals surface area (Å²) in [5, 5.41) is 8.80. The molecule has 5 heteroatoms. The second kappa shape index (κ2) is 10.3. The van der Waals surface area contributed by atoms with Crippen molar-refractivity contribution in [3.8, 4) is 0 Å². The van der Waals surface area contributed by atoms with Crippen LogP contribution in [0.4, 0.5) is 0 Å². The normalized spacial score (nSPS) is 11.6. The molecule has 25 heavy (non-hydrogen) atoms. The van der Waals surface area contributed by atoms with Crippen LogP contribution < -0.4 is 16.0 Å². The Kier molecular flexibility index (Phi) is 7.66. The molecule has 0 aromatic heterocycles. The highest BCUT2D eigenvalue weighted by Gasteiger charge is 2.21. The maximum absolute atomic E-state index is 12.5. The quantitative estimate of drug-likeness (QED) is 0.610. The lowest BCUT2D eigenvalue weighted by Gasteiger charge is -2.19. The van der Waals surface area contributed by atoms with Crippen LogP contribution in [0.15, 0.2) is 60.7 Å². The summed E-state index contributed by atoms with van der Waals surface area (Å²) in [6.45, 7) is 1.41. The zero-order chi connectivity index (χ0) is 17.9. The van der Waals surface area contributed by atoms with E-state index in [9.17, 15) is 9.59 Å². The molecule has 0 aliphatic carbocycles. The van der Waals surface area contributed by atoms with Gasteiger partial charge in [-0.15, -0.1) is 0 Å². The van der Waals surface area contributed by atoms with Crippen molar-refractivity contribution in [2.75, 3.05) is 20.1 Å². The van der Waals surface area contributed by atoms with Gasteiger partial charge in [0.15, 0.2) is 0 Å². The van der Waals surface area contributed by atoms with E-state index in [2.05, 4.69) is 16.0 Å². The molecule has 0 fully saturated rings. The third-order valence-electron chi connectivity index (χ3n) is 3.84. The molecule has 0 saturated carbocycles. The molecule has 2 rings (SSSR count). The summed E-state index contributed by atoms with van der Waals surface area (Å²) < 4.78 is 0. The fraction of sp³-hybridized carbons (Fsp3) is 0.300. The van der Waals surface area contributed by atoms with E-state index in [0.29, 0.717) is 18.5 Å². The minimum absolute atomic E-state index is 0.163. The zero-order valence-corrected chi connectivity index (χ0v) is 14.5. The minimum atomic E-state index is -0.607. The molecule has 0 heterocycles. The Balaban J connectivity index is 2.03. The van der Waals surface area contributed by atoms with E-state index in [1.807, 2.05) is 43.4 Å². The van der Waals surface area contributed by atoms with E-state index >= 15 is 0 Å². The maximum atomic E-state index is 12.5. The second-order valence-corrected chi connectivity index (χ2v) is 5.83. The summed E-state index contributed by atoms with van der Waals surface area (Å²) in [7, 11) is 1.88. The van der Waals surface area contributed by atoms with Gasteiger partial charge in [0.05, 0.1) is 0 Å². The number of rotatable bonds is 9. The maximum Gasteiger partial charge on any atom is 0.251 e. The summed E-state index contributed by atoms with van der Waals surface area (Å²) >= 11 is 0. The molecular weight excluding hydrogens is 314 g/mol. The van der Waals surface area contributed by atoms with Crippen molar-refractivity contribution < 1.29 is 9.59 Å². The molecule has 0 aliphatic rings. The first-order valence-corrected chi connectivity index (χ1v) is 8.53. The monoisotopic (exact) mass is 339 g/mol. The van der Waals surface area contributed by atoms with E-state index < -0.39 is 6.04 Å².